The topological polar surface area (TPSA) is 27.0 Å². The summed E-state index contributed by atoms with van der Waals surface area (Å²) in [7, 11) is 4.02. The van der Waals surface area contributed by atoms with Gasteiger partial charge in [0.2, 0.25) is 0 Å². The van der Waals surface area contributed by atoms with E-state index in [1.807, 2.05) is 14.1 Å². The molecule has 1 aliphatic rings. The van der Waals surface area contributed by atoms with E-state index in [1.54, 1.807) is 0 Å². The van der Waals surface area contributed by atoms with Crippen LogP contribution in [-0.4, -0.2) is 25.5 Å². The van der Waals surface area contributed by atoms with E-state index in [2.05, 4.69) is 29.2 Å². The second-order valence-corrected chi connectivity index (χ2v) is 4.83. The molecule has 0 saturated carbocycles. The summed E-state index contributed by atoms with van der Waals surface area (Å²) in [6, 6.07) is 8.97. The molecular weight excluding hydrogens is 196 g/mol. The Kier molecular flexibility index (Phi) is 3.26. The molecule has 1 aliphatic carbocycles. The fraction of sp³-hybridized carbons (Fsp3) is 0.500. The fourth-order valence-corrected chi connectivity index (χ4v) is 2.39. The second kappa shape index (κ2) is 4.67. The van der Waals surface area contributed by atoms with Crippen LogP contribution in [0.1, 0.15) is 29.0 Å². The van der Waals surface area contributed by atoms with Crippen molar-refractivity contribution in [2.45, 2.75) is 25.2 Å². The average Bonchev–Trinajstić information content (AvgIpc) is 2.72. The Labute approximate surface area is 97.5 Å². The van der Waals surface area contributed by atoms with Crippen LogP contribution in [0, 0.1) is 11.3 Å². The SMILES string of the molecule is CN(C)CC(C#N)c1ccc2c(c1)CCC2. The Bertz CT molecular complexity index is 415. The van der Waals surface area contributed by atoms with Crippen LogP contribution in [0.15, 0.2) is 18.2 Å². The van der Waals surface area contributed by atoms with E-state index in [0.29, 0.717) is 0 Å². The van der Waals surface area contributed by atoms with Gasteiger partial charge in [0.15, 0.2) is 0 Å². The molecule has 1 unspecified atom stereocenters. The molecule has 0 saturated heterocycles. The summed E-state index contributed by atoms with van der Waals surface area (Å²) >= 11 is 0. The van der Waals surface area contributed by atoms with Gasteiger partial charge in [-0.1, -0.05) is 18.2 Å². The van der Waals surface area contributed by atoms with Crippen molar-refractivity contribution in [3.63, 3.8) is 0 Å². The summed E-state index contributed by atoms with van der Waals surface area (Å²) < 4.78 is 0. The highest BCUT2D eigenvalue weighted by molar-refractivity contribution is 5.38. The van der Waals surface area contributed by atoms with Crippen LogP contribution in [0.4, 0.5) is 0 Å². The molecule has 16 heavy (non-hydrogen) atoms. The summed E-state index contributed by atoms with van der Waals surface area (Å²) in [6.07, 6.45) is 3.66. The van der Waals surface area contributed by atoms with Crippen LogP contribution in [0.5, 0.6) is 0 Å². The molecule has 0 aromatic heterocycles. The number of hydrogen-bond acceptors (Lipinski definition) is 2. The first-order valence-corrected chi connectivity index (χ1v) is 5.87. The summed E-state index contributed by atoms with van der Waals surface area (Å²) in [5, 5.41) is 9.20. The molecule has 84 valence electrons. The number of hydrogen-bond donors (Lipinski definition) is 0. The highest BCUT2D eigenvalue weighted by atomic mass is 15.1. The molecular formula is C14H18N2. The van der Waals surface area contributed by atoms with Crippen molar-refractivity contribution in [2.75, 3.05) is 20.6 Å². The molecule has 1 atom stereocenters. The molecule has 0 radical (unpaired) electrons. The van der Waals surface area contributed by atoms with Gasteiger partial charge in [0.05, 0.1) is 12.0 Å². The average molecular weight is 214 g/mol. The van der Waals surface area contributed by atoms with E-state index >= 15 is 0 Å². The first-order valence-electron chi connectivity index (χ1n) is 5.87. The maximum Gasteiger partial charge on any atom is 0.0839 e. The van der Waals surface area contributed by atoms with Crippen molar-refractivity contribution in [1.82, 2.24) is 4.90 Å². The molecule has 1 aromatic rings. The van der Waals surface area contributed by atoms with Crippen LogP contribution >= 0.6 is 0 Å². The van der Waals surface area contributed by atoms with Crippen LogP contribution in [0.25, 0.3) is 0 Å². The smallest absolute Gasteiger partial charge is 0.0839 e. The molecule has 0 N–H and O–H groups in total. The molecule has 0 aliphatic heterocycles. The molecule has 2 nitrogen and oxygen atoms in total. The first kappa shape index (κ1) is 11.2. The van der Waals surface area contributed by atoms with E-state index < -0.39 is 0 Å². The summed E-state index contributed by atoms with van der Waals surface area (Å²) in [5.41, 5.74) is 4.11. The molecule has 1 aromatic carbocycles. The molecule has 0 heterocycles. The highest BCUT2D eigenvalue weighted by Gasteiger charge is 2.16. The predicted molar refractivity (Wildman–Crippen MR) is 65.4 cm³/mol. The minimum Gasteiger partial charge on any atom is -0.308 e. The van der Waals surface area contributed by atoms with E-state index in [-0.39, 0.29) is 5.92 Å². The largest absolute Gasteiger partial charge is 0.308 e. The third-order valence-electron chi connectivity index (χ3n) is 3.23. The maximum absolute atomic E-state index is 9.20. The van der Waals surface area contributed by atoms with Crippen molar-refractivity contribution < 1.29 is 0 Å². The van der Waals surface area contributed by atoms with Gasteiger partial charge in [0, 0.05) is 6.54 Å². The van der Waals surface area contributed by atoms with Crippen LogP contribution in [0.3, 0.4) is 0 Å². The van der Waals surface area contributed by atoms with Crippen molar-refractivity contribution in [1.29, 1.82) is 5.26 Å². The van der Waals surface area contributed by atoms with Crippen molar-refractivity contribution >= 4 is 0 Å². The standard InChI is InChI=1S/C14H18N2/c1-16(2)10-14(9-15)13-7-6-11-4-3-5-12(11)8-13/h6-8,14H,3-5,10H2,1-2H3. The Morgan fingerprint density at radius 3 is 2.75 bits per heavy atom. The molecule has 0 fully saturated rings. The monoisotopic (exact) mass is 214 g/mol. The van der Waals surface area contributed by atoms with Gasteiger partial charge in [-0.3, -0.25) is 0 Å². The highest BCUT2D eigenvalue weighted by Crippen LogP contribution is 2.26. The number of aryl methyl sites for hydroxylation is 2. The Hall–Kier alpha value is -1.33. The number of nitrogens with zero attached hydrogens (tertiary/aromatic N) is 2. The number of benzene rings is 1. The van der Waals surface area contributed by atoms with Crippen molar-refractivity contribution in [2.24, 2.45) is 0 Å². The lowest BCUT2D eigenvalue weighted by Crippen LogP contribution is -2.19. The van der Waals surface area contributed by atoms with E-state index in [1.165, 1.54) is 36.0 Å². The number of rotatable bonds is 3. The summed E-state index contributed by atoms with van der Waals surface area (Å²) in [5.74, 6) is 0.000833. The molecule has 0 bridgehead atoms. The van der Waals surface area contributed by atoms with E-state index in [4.69, 9.17) is 0 Å². The second-order valence-electron chi connectivity index (χ2n) is 4.83. The lowest BCUT2D eigenvalue weighted by atomic mass is 9.96. The minimum atomic E-state index is 0.000833. The van der Waals surface area contributed by atoms with Crippen LogP contribution in [0.2, 0.25) is 0 Å². The Balaban J connectivity index is 2.23. The van der Waals surface area contributed by atoms with Gasteiger partial charge in [-0.25, -0.2) is 0 Å². The number of fused-ring (bicyclic) bond motifs is 1. The van der Waals surface area contributed by atoms with E-state index in [9.17, 15) is 5.26 Å². The third kappa shape index (κ3) is 2.25. The van der Waals surface area contributed by atoms with Gasteiger partial charge in [-0.15, -0.1) is 0 Å². The lowest BCUT2D eigenvalue weighted by molar-refractivity contribution is 0.398. The van der Waals surface area contributed by atoms with Crippen LogP contribution < -0.4 is 0 Å². The number of likely N-dealkylation sites (N-methyl/N-ethyl adjacent to an activating group) is 1. The van der Waals surface area contributed by atoms with Gasteiger partial charge in [0.1, 0.15) is 0 Å². The molecule has 2 heteroatoms. The van der Waals surface area contributed by atoms with E-state index in [0.717, 1.165) is 6.54 Å². The zero-order chi connectivity index (χ0) is 11.5. The predicted octanol–water partition coefficient (Wildman–Crippen LogP) is 2.34. The minimum absolute atomic E-state index is 0.000833. The van der Waals surface area contributed by atoms with Crippen LogP contribution in [-0.2, 0) is 12.8 Å². The van der Waals surface area contributed by atoms with Gasteiger partial charge in [-0.2, -0.15) is 5.26 Å². The van der Waals surface area contributed by atoms with Gasteiger partial charge in [0.25, 0.3) is 0 Å². The van der Waals surface area contributed by atoms with Crippen molar-refractivity contribution in [3.05, 3.63) is 34.9 Å². The Morgan fingerprint density at radius 2 is 2.06 bits per heavy atom. The zero-order valence-corrected chi connectivity index (χ0v) is 10.0. The molecule has 2 rings (SSSR count). The van der Waals surface area contributed by atoms with Gasteiger partial charge < -0.3 is 4.90 Å². The lowest BCUT2D eigenvalue weighted by Gasteiger charge is -2.15. The first-order chi connectivity index (χ1) is 7.70. The van der Waals surface area contributed by atoms with Crippen molar-refractivity contribution in [3.8, 4) is 6.07 Å². The Morgan fingerprint density at radius 1 is 1.31 bits per heavy atom. The summed E-state index contributed by atoms with van der Waals surface area (Å²) in [6.45, 7) is 0.801. The summed E-state index contributed by atoms with van der Waals surface area (Å²) in [4.78, 5) is 2.07. The third-order valence-corrected chi connectivity index (χ3v) is 3.23. The number of nitriles is 1. The maximum atomic E-state index is 9.20. The van der Waals surface area contributed by atoms with Gasteiger partial charge in [-0.05, 0) is 50.0 Å². The van der Waals surface area contributed by atoms with Gasteiger partial charge >= 0.3 is 0 Å². The molecule has 0 spiro atoms. The quantitative estimate of drug-likeness (QED) is 0.772. The normalized spacial score (nSPS) is 15.9. The fourth-order valence-electron chi connectivity index (χ4n) is 2.39. The zero-order valence-electron chi connectivity index (χ0n) is 10.0. The molecule has 0 amide bonds.